The predicted molar refractivity (Wildman–Crippen MR) is 146 cm³/mol. The number of benzene rings is 2. The number of hydrogen-bond acceptors (Lipinski definition) is 3. The number of nitrogens with one attached hydrogen (secondary N) is 2. The quantitative estimate of drug-likeness (QED) is 0.284. The first-order chi connectivity index (χ1) is 16.2. The van der Waals surface area contributed by atoms with E-state index in [1.165, 1.54) is 0 Å². The minimum absolute atomic E-state index is 0.0176. The molecular formula is C27H24Br2N2O3. The van der Waals surface area contributed by atoms with Crippen molar-refractivity contribution < 1.29 is 14.4 Å². The van der Waals surface area contributed by atoms with Crippen LogP contribution in [0.5, 0.6) is 0 Å². The van der Waals surface area contributed by atoms with Crippen molar-refractivity contribution in [3.63, 3.8) is 0 Å². The van der Waals surface area contributed by atoms with E-state index in [0.29, 0.717) is 24.2 Å². The second kappa shape index (κ2) is 11.9. The second-order valence-electron chi connectivity index (χ2n) is 7.84. The van der Waals surface area contributed by atoms with Gasteiger partial charge in [0.05, 0.1) is 8.96 Å². The number of ketones is 1. The number of carbonyl (C=O) groups is 3. The topological polar surface area (TPSA) is 75.3 Å². The molecule has 5 nitrogen and oxygen atoms in total. The highest BCUT2D eigenvalue weighted by molar-refractivity contribution is 9.12. The second-order valence-corrected chi connectivity index (χ2v) is 9.76. The molecule has 2 N–H and O–H groups in total. The van der Waals surface area contributed by atoms with Crippen LogP contribution >= 0.6 is 31.9 Å². The Morgan fingerprint density at radius 2 is 1.18 bits per heavy atom. The molecule has 0 aliphatic heterocycles. The van der Waals surface area contributed by atoms with Crippen molar-refractivity contribution in [3.05, 3.63) is 92.9 Å². The van der Waals surface area contributed by atoms with Gasteiger partial charge in [0, 0.05) is 22.5 Å². The van der Waals surface area contributed by atoms with Crippen molar-refractivity contribution in [2.45, 2.75) is 25.7 Å². The molecule has 174 valence electrons. The summed E-state index contributed by atoms with van der Waals surface area (Å²) in [5.41, 5.74) is 4.39. The van der Waals surface area contributed by atoms with Crippen LogP contribution in [0, 0.1) is 0 Å². The van der Waals surface area contributed by atoms with Crippen molar-refractivity contribution in [2.24, 2.45) is 0 Å². The van der Waals surface area contributed by atoms with Crippen molar-refractivity contribution in [1.82, 2.24) is 0 Å². The average Bonchev–Trinajstić information content (AvgIpc) is 2.96. The van der Waals surface area contributed by atoms with E-state index in [4.69, 9.17) is 0 Å². The molecule has 3 rings (SSSR count). The highest BCUT2D eigenvalue weighted by Gasteiger charge is 2.19. The number of anilines is 2. The van der Waals surface area contributed by atoms with Crippen LogP contribution in [0.3, 0.4) is 0 Å². The molecule has 0 unspecified atom stereocenters. The molecule has 0 radical (unpaired) electrons. The molecule has 2 aromatic rings. The molecule has 1 saturated carbocycles. The maximum atomic E-state index is 13.3. The molecule has 1 aliphatic rings. The minimum atomic E-state index is -0.320. The molecule has 0 atom stereocenters. The van der Waals surface area contributed by atoms with E-state index in [-0.39, 0.29) is 26.6 Å². The third-order valence-corrected chi connectivity index (χ3v) is 5.91. The van der Waals surface area contributed by atoms with Crippen molar-refractivity contribution in [3.8, 4) is 0 Å². The summed E-state index contributed by atoms with van der Waals surface area (Å²) in [4.78, 5) is 37.1. The van der Waals surface area contributed by atoms with E-state index in [1.54, 1.807) is 12.1 Å². The Kier molecular flexibility index (Phi) is 8.96. The van der Waals surface area contributed by atoms with Crippen LogP contribution in [0.1, 0.15) is 36.8 Å². The number of allylic oxidation sites excluding steroid dienone is 2. The van der Waals surface area contributed by atoms with E-state index in [0.717, 1.165) is 35.1 Å². The van der Waals surface area contributed by atoms with E-state index in [2.05, 4.69) is 55.7 Å². The fourth-order valence-corrected chi connectivity index (χ4v) is 3.75. The molecule has 0 bridgehead atoms. The molecule has 1 aliphatic carbocycles. The normalized spacial score (nSPS) is 16.1. The fourth-order valence-electron chi connectivity index (χ4n) is 3.55. The van der Waals surface area contributed by atoms with Gasteiger partial charge in [-0.1, -0.05) is 37.4 Å². The average molecular weight is 584 g/mol. The van der Waals surface area contributed by atoms with Crippen LogP contribution in [0.25, 0.3) is 12.2 Å². The Balaban J connectivity index is 1.85. The Labute approximate surface area is 216 Å². The lowest BCUT2D eigenvalue weighted by Crippen LogP contribution is -2.10. The maximum absolute atomic E-state index is 13.3. The van der Waals surface area contributed by atoms with Crippen LogP contribution in [-0.4, -0.2) is 17.6 Å². The molecule has 7 heteroatoms. The van der Waals surface area contributed by atoms with Gasteiger partial charge in [-0.15, -0.1) is 0 Å². The van der Waals surface area contributed by atoms with Crippen LogP contribution in [0.15, 0.2) is 81.8 Å². The molecule has 0 saturated heterocycles. The molecule has 1 fully saturated rings. The predicted octanol–water partition coefficient (Wildman–Crippen LogP) is 6.99. The lowest BCUT2D eigenvalue weighted by molar-refractivity contribution is -0.113. The zero-order valence-electron chi connectivity index (χ0n) is 18.5. The molecule has 0 spiro atoms. The molecule has 0 aromatic heterocycles. The largest absolute Gasteiger partial charge is 0.322 e. The molecule has 2 aromatic carbocycles. The Hall–Kier alpha value is -3.03. The SMILES string of the molecule is C=C(Br)C(=O)Nc1cccc(/C=C2\CCCC/C(=C\c3cccc(NC(=O)C(=C)Br)c3)C2=O)c1. The molecule has 34 heavy (non-hydrogen) atoms. The number of rotatable bonds is 6. The van der Waals surface area contributed by atoms with Gasteiger partial charge in [0.15, 0.2) is 5.78 Å². The van der Waals surface area contributed by atoms with E-state index >= 15 is 0 Å². The minimum Gasteiger partial charge on any atom is -0.322 e. The van der Waals surface area contributed by atoms with Gasteiger partial charge in [0.2, 0.25) is 0 Å². The summed E-state index contributed by atoms with van der Waals surface area (Å²) in [6.45, 7) is 7.15. The number of amides is 2. The highest BCUT2D eigenvalue weighted by atomic mass is 79.9. The fraction of sp³-hybridized carbons (Fsp3) is 0.148. The van der Waals surface area contributed by atoms with E-state index in [1.807, 2.05) is 48.6 Å². The zero-order valence-corrected chi connectivity index (χ0v) is 21.7. The van der Waals surface area contributed by atoms with E-state index in [9.17, 15) is 14.4 Å². The number of carbonyl (C=O) groups excluding carboxylic acids is 3. The summed E-state index contributed by atoms with van der Waals surface area (Å²) in [6, 6.07) is 14.7. The zero-order chi connectivity index (χ0) is 24.7. The van der Waals surface area contributed by atoms with Crippen LogP contribution in [-0.2, 0) is 14.4 Å². The Bertz CT molecular complexity index is 1130. The summed E-state index contributed by atoms with van der Waals surface area (Å²) >= 11 is 6.14. The van der Waals surface area contributed by atoms with Gasteiger partial charge in [0.1, 0.15) is 0 Å². The number of hydrogen-bond donors (Lipinski definition) is 2. The third-order valence-electron chi connectivity index (χ3n) is 5.19. The third kappa shape index (κ3) is 7.23. The number of Topliss-reactive ketones (excluding diaryl/α,β-unsaturated/α-hetero) is 1. The first-order valence-electron chi connectivity index (χ1n) is 10.7. The van der Waals surface area contributed by atoms with Gasteiger partial charge >= 0.3 is 0 Å². The maximum Gasteiger partial charge on any atom is 0.262 e. The first-order valence-corrected chi connectivity index (χ1v) is 12.3. The van der Waals surface area contributed by atoms with Gasteiger partial charge in [0.25, 0.3) is 11.8 Å². The first kappa shape index (κ1) is 25.6. The number of halogens is 2. The van der Waals surface area contributed by atoms with Crippen molar-refractivity contribution in [2.75, 3.05) is 10.6 Å². The van der Waals surface area contributed by atoms with Gasteiger partial charge in [-0.2, -0.15) is 0 Å². The van der Waals surface area contributed by atoms with Gasteiger partial charge in [-0.25, -0.2) is 0 Å². The molecule has 2 amide bonds. The summed E-state index contributed by atoms with van der Waals surface area (Å²) < 4.78 is 0.483. The van der Waals surface area contributed by atoms with Gasteiger partial charge in [-0.3, -0.25) is 14.4 Å². The monoisotopic (exact) mass is 582 g/mol. The summed E-state index contributed by atoms with van der Waals surface area (Å²) in [7, 11) is 0. The van der Waals surface area contributed by atoms with Crippen molar-refractivity contribution in [1.29, 1.82) is 0 Å². The summed E-state index contributed by atoms with van der Waals surface area (Å²) in [6.07, 6.45) is 6.98. The van der Waals surface area contributed by atoms with Gasteiger partial charge < -0.3 is 10.6 Å². The molecule has 0 heterocycles. The smallest absolute Gasteiger partial charge is 0.262 e. The van der Waals surface area contributed by atoms with Gasteiger partial charge in [-0.05, 0) is 105 Å². The summed E-state index contributed by atoms with van der Waals surface area (Å²) in [5.74, 6) is -0.622. The van der Waals surface area contributed by atoms with Crippen LogP contribution in [0.4, 0.5) is 11.4 Å². The van der Waals surface area contributed by atoms with E-state index < -0.39 is 0 Å². The lowest BCUT2D eigenvalue weighted by atomic mass is 9.97. The standard InChI is InChI=1S/C27H24Br2N2O3/c1-17(28)26(33)30-23-11-5-7-19(15-23)13-21-9-3-4-10-22(25(21)32)14-20-8-6-12-24(16-20)31-27(34)18(2)29/h5-8,11-16H,1-4,9-10H2,(H,30,33)(H,31,34)/b21-13+,22-14+. The highest BCUT2D eigenvalue weighted by Crippen LogP contribution is 2.28. The lowest BCUT2D eigenvalue weighted by Gasteiger charge is -2.08. The Morgan fingerprint density at radius 1 is 0.765 bits per heavy atom. The van der Waals surface area contributed by atoms with Crippen molar-refractivity contribution >= 4 is 73.0 Å². The van der Waals surface area contributed by atoms with Crippen LogP contribution in [0.2, 0.25) is 0 Å². The Morgan fingerprint density at radius 3 is 1.56 bits per heavy atom. The summed E-state index contributed by atoms with van der Waals surface area (Å²) in [5, 5.41) is 5.52. The van der Waals surface area contributed by atoms with Crippen LogP contribution < -0.4 is 10.6 Å². The molecular weight excluding hydrogens is 560 g/mol.